The summed E-state index contributed by atoms with van der Waals surface area (Å²) in [5, 5.41) is 8.61. The summed E-state index contributed by atoms with van der Waals surface area (Å²) in [4.78, 5) is 10.5. The average Bonchev–Trinajstić information content (AvgIpc) is 2.13. The molecule has 0 heterocycles. The first-order valence-corrected chi connectivity index (χ1v) is 3.48. The second kappa shape index (κ2) is 3.19. The van der Waals surface area contributed by atoms with Gasteiger partial charge in [0.15, 0.2) is 0 Å². The standard InChI is InChI=1S/C9H10O2/c1-7-3-2-4-8(6-5-7)9(10)11/h3-6H,2H2,1H3,(H,10,11). The summed E-state index contributed by atoms with van der Waals surface area (Å²) in [5.74, 6) is -0.857. The first-order chi connectivity index (χ1) is 5.20. The van der Waals surface area contributed by atoms with E-state index >= 15 is 0 Å². The summed E-state index contributed by atoms with van der Waals surface area (Å²) < 4.78 is 0. The van der Waals surface area contributed by atoms with Crippen LogP contribution in [-0.2, 0) is 4.79 Å². The molecule has 0 spiro atoms. The van der Waals surface area contributed by atoms with E-state index < -0.39 is 5.97 Å². The lowest BCUT2D eigenvalue weighted by atomic mass is 10.2. The van der Waals surface area contributed by atoms with Crippen LogP contribution < -0.4 is 0 Å². The fourth-order valence-electron chi connectivity index (χ4n) is 0.888. The minimum absolute atomic E-state index is 0.373. The molecule has 2 heteroatoms. The van der Waals surface area contributed by atoms with Gasteiger partial charge in [0.05, 0.1) is 5.57 Å². The molecule has 0 saturated carbocycles. The van der Waals surface area contributed by atoms with Crippen molar-refractivity contribution in [2.75, 3.05) is 0 Å². The number of carboxylic acid groups (broad SMARTS) is 1. The van der Waals surface area contributed by atoms with E-state index in [0.717, 1.165) is 5.57 Å². The molecule has 0 fully saturated rings. The second-order valence-corrected chi connectivity index (χ2v) is 2.48. The van der Waals surface area contributed by atoms with Crippen molar-refractivity contribution in [2.24, 2.45) is 0 Å². The Morgan fingerprint density at radius 3 is 2.82 bits per heavy atom. The van der Waals surface area contributed by atoms with E-state index in [1.807, 2.05) is 19.1 Å². The maximum absolute atomic E-state index is 10.5. The van der Waals surface area contributed by atoms with Crippen molar-refractivity contribution in [3.63, 3.8) is 0 Å². The van der Waals surface area contributed by atoms with Gasteiger partial charge < -0.3 is 5.11 Å². The topological polar surface area (TPSA) is 37.3 Å². The zero-order valence-electron chi connectivity index (χ0n) is 6.37. The molecule has 58 valence electrons. The molecule has 1 aliphatic carbocycles. The van der Waals surface area contributed by atoms with Crippen LogP contribution >= 0.6 is 0 Å². The minimum Gasteiger partial charge on any atom is -0.478 e. The third kappa shape index (κ3) is 2.08. The molecular formula is C9H10O2. The van der Waals surface area contributed by atoms with Crippen molar-refractivity contribution >= 4 is 5.97 Å². The summed E-state index contributed by atoms with van der Waals surface area (Å²) >= 11 is 0. The van der Waals surface area contributed by atoms with E-state index in [9.17, 15) is 4.79 Å². The van der Waals surface area contributed by atoms with E-state index in [-0.39, 0.29) is 0 Å². The van der Waals surface area contributed by atoms with Crippen molar-refractivity contribution in [3.8, 4) is 0 Å². The number of carboxylic acids is 1. The number of allylic oxidation sites excluding steroid dienone is 4. The molecule has 0 saturated heterocycles. The zero-order chi connectivity index (χ0) is 8.27. The Morgan fingerprint density at radius 1 is 1.45 bits per heavy atom. The monoisotopic (exact) mass is 150 g/mol. The molecular weight excluding hydrogens is 140 g/mol. The molecule has 0 unspecified atom stereocenters. The molecule has 0 aliphatic heterocycles. The number of rotatable bonds is 1. The second-order valence-electron chi connectivity index (χ2n) is 2.48. The third-order valence-corrected chi connectivity index (χ3v) is 1.55. The van der Waals surface area contributed by atoms with Gasteiger partial charge >= 0.3 is 5.97 Å². The Kier molecular flexibility index (Phi) is 2.26. The summed E-state index contributed by atoms with van der Waals surface area (Å²) in [7, 11) is 0. The van der Waals surface area contributed by atoms with Gasteiger partial charge in [-0.3, -0.25) is 0 Å². The SMILES string of the molecule is CC1=CCC=C(C(=O)O)C=C1. The van der Waals surface area contributed by atoms with Crippen LogP contribution in [0.3, 0.4) is 0 Å². The fourth-order valence-corrected chi connectivity index (χ4v) is 0.888. The van der Waals surface area contributed by atoms with Gasteiger partial charge in [0, 0.05) is 0 Å². The van der Waals surface area contributed by atoms with E-state index in [4.69, 9.17) is 5.11 Å². The van der Waals surface area contributed by atoms with E-state index in [0.29, 0.717) is 12.0 Å². The number of hydrogen-bond acceptors (Lipinski definition) is 1. The molecule has 1 rings (SSSR count). The van der Waals surface area contributed by atoms with Crippen molar-refractivity contribution in [2.45, 2.75) is 13.3 Å². The van der Waals surface area contributed by atoms with Crippen molar-refractivity contribution in [1.82, 2.24) is 0 Å². The van der Waals surface area contributed by atoms with Gasteiger partial charge in [0.1, 0.15) is 0 Å². The molecule has 0 aromatic rings. The van der Waals surface area contributed by atoms with E-state index in [1.54, 1.807) is 12.2 Å². The van der Waals surface area contributed by atoms with Crippen LogP contribution in [0.1, 0.15) is 13.3 Å². The summed E-state index contributed by atoms with van der Waals surface area (Å²) in [6, 6.07) is 0. The van der Waals surface area contributed by atoms with E-state index in [1.165, 1.54) is 0 Å². The van der Waals surface area contributed by atoms with Crippen LogP contribution in [0.5, 0.6) is 0 Å². The maximum atomic E-state index is 10.5. The zero-order valence-corrected chi connectivity index (χ0v) is 6.37. The van der Waals surface area contributed by atoms with Crippen LogP contribution in [0.25, 0.3) is 0 Å². The van der Waals surface area contributed by atoms with Gasteiger partial charge in [0.25, 0.3) is 0 Å². The normalized spacial score (nSPS) is 16.8. The van der Waals surface area contributed by atoms with Crippen molar-refractivity contribution in [3.05, 3.63) is 35.5 Å². The Bertz CT molecular complexity index is 257. The van der Waals surface area contributed by atoms with Gasteiger partial charge in [-0.05, 0) is 19.4 Å². The highest BCUT2D eigenvalue weighted by Gasteiger charge is 2.02. The molecule has 0 radical (unpaired) electrons. The molecule has 0 atom stereocenters. The number of carbonyl (C=O) groups is 1. The lowest BCUT2D eigenvalue weighted by Crippen LogP contribution is -1.96. The lowest BCUT2D eigenvalue weighted by molar-refractivity contribution is -0.132. The first-order valence-electron chi connectivity index (χ1n) is 3.48. The predicted octanol–water partition coefficient (Wildman–Crippen LogP) is 1.90. The molecule has 1 aliphatic rings. The van der Waals surface area contributed by atoms with Crippen LogP contribution in [0.2, 0.25) is 0 Å². The largest absolute Gasteiger partial charge is 0.478 e. The maximum Gasteiger partial charge on any atom is 0.335 e. The molecule has 0 amide bonds. The molecule has 2 nitrogen and oxygen atoms in total. The van der Waals surface area contributed by atoms with Crippen molar-refractivity contribution < 1.29 is 9.90 Å². The van der Waals surface area contributed by atoms with Crippen LogP contribution in [0, 0.1) is 0 Å². The molecule has 11 heavy (non-hydrogen) atoms. The average molecular weight is 150 g/mol. The van der Waals surface area contributed by atoms with Gasteiger partial charge in [0.2, 0.25) is 0 Å². The molecule has 0 bridgehead atoms. The highest BCUT2D eigenvalue weighted by molar-refractivity contribution is 5.90. The first kappa shape index (κ1) is 7.79. The molecule has 0 aromatic heterocycles. The minimum atomic E-state index is -0.857. The Labute approximate surface area is 65.5 Å². The van der Waals surface area contributed by atoms with Gasteiger partial charge in [-0.25, -0.2) is 4.79 Å². The number of aliphatic carboxylic acids is 1. The Hall–Kier alpha value is -1.31. The van der Waals surface area contributed by atoms with Gasteiger partial charge in [-0.2, -0.15) is 0 Å². The quantitative estimate of drug-likeness (QED) is 0.619. The van der Waals surface area contributed by atoms with Gasteiger partial charge in [-0.15, -0.1) is 0 Å². The van der Waals surface area contributed by atoms with Crippen LogP contribution in [-0.4, -0.2) is 11.1 Å². The Balaban J connectivity index is 2.82. The molecule has 0 aromatic carbocycles. The summed E-state index contributed by atoms with van der Waals surface area (Å²) in [6.07, 6.45) is 7.84. The summed E-state index contributed by atoms with van der Waals surface area (Å²) in [6.45, 7) is 1.95. The Morgan fingerprint density at radius 2 is 2.18 bits per heavy atom. The van der Waals surface area contributed by atoms with Crippen molar-refractivity contribution in [1.29, 1.82) is 0 Å². The summed E-state index contributed by atoms with van der Waals surface area (Å²) in [5.41, 5.74) is 1.48. The van der Waals surface area contributed by atoms with Gasteiger partial charge in [-0.1, -0.05) is 23.8 Å². The smallest absolute Gasteiger partial charge is 0.335 e. The van der Waals surface area contributed by atoms with E-state index in [2.05, 4.69) is 0 Å². The third-order valence-electron chi connectivity index (χ3n) is 1.55. The van der Waals surface area contributed by atoms with Crippen LogP contribution in [0.15, 0.2) is 35.5 Å². The highest BCUT2D eigenvalue weighted by Crippen LogP contribution is 2.09. The molecule has 1 N–H and O–H groups in total. The number of hydrogen-bond donors (Lipinski definition) is 1. The lowest BCUT2D eigenvalue weighted by Gasteiger charge is -1.89. The fraction of sp³-hybridized carbons (Fsp3) is 0.222. The highest BCUT2D eigenvalue weighted by atomic mass is 16.4. The predicted molar refractivity (Wildman–Crippen MR) is 43.2 cm³/mol. The van der Waals surface area contributed by atoms with Crippen LogP contribution in [0.4, 0.5) is 0 Å².